The molecule has 5 nitrogen and oxygen atoms in total. The number of amides is 1. The molecule has 138 valence electrons. The molecule has 0 fully saturated rings. The zero-order valence-corrected chi connectivity index (χ0v) is 16.2. The number of anilines is 1. The Morgan fingerprint density at radius 1 is 1.19 bits per heavy atom. The minimum Gasteiger partial charge on any atom is -0.489 e. The lowest BCUT2D eigenvalue weighted by Crippen LogP contribution is -2.11. The van der Waals surface area contributed by atoms with Crippen LogP contribution in [0, 0.1) is 5.82 Å². The number of fused-ring (bicyclic) bond motifs is 1. The van der Waals surface area contributed by atoms with Crippen LogP contribution in [0.2, 0.25) is 0 Å². The van der Waals surface area contributed by atoms with E-state index in [9.17, 15) is 9.18 Å². The van der Waals surface area contributed by atoms with Crippen molar-refractivity contribution >= 4 is 38.9 Å². The molecule has 4 rings (SSSR count). The first-order valence-corrected chi connectivity index (χ1v) is 9.62. The Kier molecular flexibility index (Phi) is 5.00. The fourth-order valence-corrected chi connectivity index (χ4v) is 3.60. The zero-order valence-electron chi connectivity index (χ0n) is 13.8. The van der Waals surface area contributed by atoms with Gasteiger partial charge in [0.2, 0.25) is 6.79 Å². The number of carbonyl (C=O) groups excluding carboxylic acids is 1. The molecule has 0 saturated heterocycles. The summed E-state index contributed by atoms with van der Waals surface area (Å²) in [5, 5.41) is 4.41. The third-order valence-electron chi connectivity index (χ3n) is 3.81. The lowest BCUT2D eigenvalue weighted by Gasteiger charge is -2.06. The molecule has 0 atom stereocenters. The first-order valence-electron chi connectivity index (χ1n) is 7.95. The minimum absolute atomic E-state index is 0.134. The van der Waals surface area contributed by atoms with E-state index in [-0.39, 0.29) is 18.4 Å². The van der Waals surface area contributed by atoms with E-state index in [0.717, 1.165) is 5.56 Å². The van der Waals surface area contributed by atoms with Gasteiger partial charge in [0.1, 0.15) is 18.2 Å². The lowest BCUT2D eigenvalue weighted by atomic mass is 10.2. The van der Waals surface area contributed by atoms with E-state index >= 15 is 0 Å². The van der Waals surface area contributed by atoms with Crippen LogP contribution in [0.25, 0.3) is 0 Å². The van der Waals surface area contributed by atoms with Crippen LogP contribution in [-0.2, 0) is 6.61 Å². The van der Waals surface area contributed by atoms with Crippen molar-refractivity contribution in [1.82, 2.24) is 0 Å². The molecule has 0 aliphatic carbocycles. The van der Waals surface area contributed by atoms with Crippen molar-refractivity contribution in [2.24, 2.45) is 0 Å². The number of nitrogens with one attached hydrogen (secondary N) is 1. The largest absolute Gasteiger partial charge is 0.489 e. The summed E-state index contributed by atoms with van der Waals surface area (Å²) in [5.74, 6) is 1.12. The highest BCUT2D eigenvalue weighted by atomic mass is 79.9. The molecule has 3 aromatic rings. The van der Waals surface area contributed by atoms with Crippen molar-refractivity contribution in [1.29, 1.82) is 0 Å². The summed E-state index contributed by atoms with van der Waals surface area (Å²) >= 11 is 4.46. The molecule has 0 bridgehead atoms. The Labute approximate surface area is 166 Å². The number of hydrogen-bond donors (Lipinski definition) is 1. The highest BCUT2D eigenvalue weighted by Gasteiger charge is 2.15. The number of benzene rings is 2. The monoisotopic (exact) mass is 449 g/mol. The van der Waals surface area contributed by atoms with Crippen LogP contribution >= 0.6 is 27.3 Å². The van der Waals surface area contributed by atoms with E-state index in [1.54, 1.807) is 30.3 Å². The Bertz CT molecular complexity index is 1010. The van der Waals surface area contributed by atoms with Crippen LogP contribution in [0.1, 0.15) is 15.2 Å². The topological polar surface area (TPSA) is 56.8 Å². The van der Waals surface area contributed by atoms with Crippen LogP contribution in [0.5, 0.6) is 17.2 Å². The smallest absolute Gasteiger partial charge is 0.265 e. The minimum atomic E-state index is -0.499. The maximum absolute atomic E-state index is 13.9. The predicted molar refractivity (Wildman–Crippen MR) is 103 cm³/mol. The van der Waals surface area contributed by atoms with Gasteiger partial charge in [-0.05, 0) is 41.8 Å². The van der Waals surface area contributed by atoms with Crippen LogP contribution in [0.3, 0.4) is 0 Å². The molecule has 0 saturated carbocycles. The van der Waals surface area contributed by atoms with Crippen molar-refractivity contribution in [2.45, 2.75) is 6.61 Å². The van der Waals surface area contributed by atoms with Crippen molar-refractivity contribution in [3.63, 3.8) is 0 Å². The molecule has 2 heterocycles. The molecular weight excluding hydrogens is 437 g/mol. The standard InChI is InChI=1S/C19H13BrFNO4S/c20-12-1-3-15(14(21)6-12)22-19(23)18-5-11(9-27-18)8-24-13-2-4-16-17(7-13)26-10-25-16/h1-7,9H,8,10H2,(H,22,23). The van der Waals surface area contributed by atoms with Crippen LogP contribution in [0.15, 0.2) is 52.3 Å². The highest BCUT2D eigenvalue weighted by Crippen LogP contribution is 2.35. The molecule has 0 spiro atoms. The Balaban J connectivity index is 1.38. The van der Waals surface area contributed by atoms with Gasteiger partial charge in [0, 0.05) is 16.1 Å². The molecule has 1 amide bonds. The van der Waals surface area contributed by atoms with Gasteiger partial charge in [0.15, 0.2) is 11.5 Å². The molecule has 27 heavy (non-hydrogen) atoms. The number of halogens is 2. The van der Waals surface area contributed by atoms with Gasteiger partial charge in [0.25, 0.3) is 5.91 Å². The predicted octanol–water partition coefficient (Wildman–Crippen LogP) is 5.21. The molecule has 8 heteroatoms. The van der Waals surface area contributed by atoms with E-state index in [0.29, 0.717) is 33.2 Å². The van der Waals surface area contributed by atoms with Crippen molar-refractivity contribution in [2.75, 3.05) is 12.1 Å². The Hall–Kier alpha value is -2.58. The second-order valence-electron chi connectivity index (χ2n) is 5.70. The van der Waals surface area contributed by atoms with Gasteiger partial charge in [0.05, 0.1) is 10.6 Å². The van der Waals surface area contributed by atoms with Crippen LogP contribution < -0.4 is 19.5 Å². The number of carbonyl (C=O) groups is 1. The van der Waals surface area contributed by atoms with Gasteiger partial charge in [-0.25, -0.2) is 4.39 Å². The number of ether oxygens (including phenoxy) is 3. The third-order valence-corrected chi connectivity index (χ3v) is 5.28. The van der Waals surface area contributed by atoms with E-state index in [1.165, 1.54) is 23.5 Å². The van der Waals surface area contributed by atoms with Gasteiger partial charge in [-0.1, -0.05) is 15.9 Å². The summed E-state index contributed by atoms with van der Waals surface area (Å²) in [6.45, 7) is 0.511. The lowest BCUT2D eigenvalue weighted by molar-refractivity contribution is 0.103. The molecule has 1 aromatic heterocycles. The van der Waals surface area contributed by atoms with Crippen molar-refractivity contribution in [3.8, 4) is 17.2 Å². The third kappa shape index (κ3) is 4.06. The fourth-order valence-electron chi connectivity index (χ4n) is 2.48. The normalized spacial score (nSPS) is 12.1. The van der Waals surface area contributed by atoms with E-state index < -0.39 is 5.82 Å². The zero-order chi connectivity index (χ0) is 18.8. The number of thiophene rings is 1. The fraction of sp³-hybridized carbons (Fsp3) is 0.105. The van der Waals surface area contributed by atoms with Gasteiger partial charge in [-0.15, -0.1) is 11.3 Å². The Morgan fingerprint density at radius 3 is 2.89 bits per heavy atom. The van der Waals surface area contributed by atoms with Gasteiger partial charge >= 0.3 is 0 Å². The maximum Gasteiger partial charge on any atom is 0.265 e. The molecule has 2 aromatic carbocycles. The summed E-state index contributed by atoms with van der Waals surface area (Å²) in [6.07, 6.45) is 0. The molecule has 1 aliphatic heterocycles. The molecule has 1 aliphatic rings. The van der Waals surface area contributed by atoms with Crippen molar-refractivity contribution in [3.05, 3.63) is 68.6 Å². The highest BCUT2D eigenvalue weighted by molar-refractivity contribution is 9.10. The number of rotatable bonds is 5. The second kappa shape index (κ2) is 7.58. The average molecular weight is 450 g/mol. The van der Waals surface area contributed by atoms with Gasteiger partial charge in [-0.3, -0.25) is 4.79 Å². The first kappa shape index (κ1) is 17.8. The summed E-state index contributed by atoms with van der Waals surface area (Å²) in [5.41, 5.74) is 0.980. The van der Waals surface area contributed by atoms with Crippen molar-refractivity contribution < 1.29 is 23.4 Å². The van der Waals surface area contributed by atoms with E-state index in [2.05, 4.69) is 21.2 Å². The summed E-state index contributed by atoms with van der Waals surface area (Å²) in [4.78, 5) is 12.8. The van der Waals surface area contributed by atoms with E-state index in [4.69, 9.17) is 14.2 Å². The van der Waals surface area contributed by atoms with Crippen LogP contribution in [-0.4, -0.2) is 12.7 Å². The summed E-state index contributed by atoms with van der Waals surface area (Å²) in [7, 11) is 0. The Morgan fingerprint density at radius 2 is 2.04 bits per heavy atom. The second-order valence-corrected chi connectivity index (χ2v) is 7.53. The molecule has 1 N–H and O–H groups in total. The first-order chi connectivity index (χ1) is 13.1. The number of hydrogen-bond acceptors (Lipinski definition) is 5. The van der Waals surface area contributed by atoms with E-state index in [1.807, 2.05) is 5.38 Å². The molecule has 0 unspecified atom stereocenters. The quantitative estimate of drug-likeness (QED) is 0.580. The molecule has 0 radical (unpaired) electrons. The van der Waals surface area contributed by atoms with Gasteiger partial charge in [-0.2, -0.15) is 0 Å². The maximum atomic E-state index is 13.9. The average Bonchev–Trinajstić information content (AvgIpc) is 3.31. The molecular formula is C19H13BrFNO4S. The summed E-state index contributed by atoms with van der Waals surface area (Å²) < 4.78 is 30.8. The van der Waals surface area contributed by atoms with Crippen LogP contribution in [0.4, 0.5) is 10.1 Å². The van der Waals surface area contributed by atoms with Gasteiger partial charge < -0.3 is 19.5 Å². The SMILES string of the molecule is O=C(Nc1ccc(Br)cc1F)c1cc(COc2ccc3c(c2)OCO3)cs1. The summed E-state index contributed by atoms with van der Waals surface area (Å²) in [6, 6.07) is 11.5.